The number of anilines is 12. The van der Waals surface area contributed by atoms with E-state index in [1.54, 1.807) is 4.68 Å². The molecule has 20 heteroatoms. The number of fused-ring (bicyclic) bond motifs is 4. The Kier molecular flexibility index (Phi) is 20.1. The maximum atomic E-state index is 15.2. The number of benzene rings is 16. The van der Waals surface area contributed by atoms with Crippen LogP contribution in [-0.4, -0.2) is 38.7 Å². The number of para-hydroxylation sites is 8. The average Bonchev–Trinajstić information content (AvgIpc) is 1.51. The van der Waals surface area contributed by atoms with Crippen LogP contribution in [0.15, 0.2) is 376 Å². The predicted molar refractivity (Wildman–Crippen MR) is 468 cm³/mol. The predicted octanol–water partition coefficient (Wildman–Crippen LogP) is 25.8. The molecule has 0 bridgehead atoms. The lowest BCUT2D eigenvalue weighted by atomic mass is 9.94. The molecule has 0 aliphatic heterocycles. The summed E-state index contributed by atoms with van der Waals surface area (Å²) in [6.07, 6.45) is 0. The van der Waals surface area contributed by atoms with Crippen molar-refractivity contribution >= 4 is 136 Å². The van der Waals surface area contributed by atoms with Crippen molar-refractivity contribution in [3.05, 3.63) is 411 Å². The third kappa shape index (κ3) is 14.2. The van der Waals surface area contributed by atoms with Gasteiger partial charge >= 0.3 is 0 Å². The van der Waals surface area contributed by atoms with Gasteiger partial charge in [0.15, 0.2) is 0 Å². The maximum Gasteiger partial charge on any atom is 0.279 e. The topological polar surface area (TPSA) is 128 Å². The van der Waals surface area contributed by atoms with Crippen LogP contribution in [0.25, 0.3) is 88.6 Å². The molecule has 16 aromatic carbocycles. The zero-order valence-corrected chi connectivity index (χ0v) is 64.4. The Hall–Kier alpha value is -15.1. The minimum atomic E-state index is -0.662. The highest BCUT2D eigenvalue weighted by molar-refractivity contribution is 7.00. The van der Waals surface area contributed by atoms with Crippen LogP contribution in [0, 0.1) is 23.3 Å². The SMILES string of the molecule is Fc1cccc(F)c1Cn1nc2c(-c3ccc(N(c4ccccc4)c4ccccc4)cc3)c3n[s+][n-]c3c(-c3ccc(N(c4ccccc4)c4ccccc4)cc3)c2n1.Fc1cccc(F)c1Cn1nnc2c(-c3ccc(N(c4ccccc4)c4ccccc4)cc3)c3[n-][s+]nc3c(-c3ccc(N(c4ccccc4)c4ccccc4)cc3)c21. The van der Waals surface area contributed by atoms with Gasteiger partial charge in [-0.25, -0.2) is 22.2 Å². The van der Waals surface area contributed by atoms with Gasteiger partial charge in [0.25, 0.3) is 23.5 Å². The van der Waals surface area contributed by atoms with Crippen molar-refractivity contribution in [2.45, 2.75) is 13.1 Å². The molecule has 0 saturated heterocycles. The van der Waals surface area contributed by atoms with Gasteiger partial charge < -0.3 is 19.6 Å². The van der Waals surface area contributed by atoms with Crippen LogP contribution in [-0.2, 0) is 13.1 Å². The zero-order valence-electron chi connectivity index (χ0n) is 62.8. The average molecular weight is 1580 g/mol. The van der Waals surface area contributed by atoms with E-state index in [0.717, 1.165) is 136 Å². The third-order valence-electron chi connectivity index (χ3n) is 20.8. The van der Waals surface area contributed by atoms with E-state index in [4.69, 9.17) is 32.8 Å². The quantitative estimate of drug-likeness (QED) is 0.0532. The molecule has 0 unspecified atom stereocenters. The maximum absolute atomic E-state index is 15.2. The summed E-state index contributed by atoms with van der Waals surface area (Å²) in [6.45, 7) is -0.385. The smallest absolute Gasteiger partial charge is 0.279 e. The van der Waals surface area contributed by atoms with Gasteiger partial charge in [-0.15, -0.1) is 5.10 Å². The number of hydrogen-bond acceptors (Lipinski definition) is 10. The molecular weight excluding hydrogens is 1510 g/mol. The van der Waals surface area contributed by atoms with Gasteiger partial charge in [0, 0.05) is 124 Å². The van der Waals surface area contributed by atoms with Crippen LogP contribution in [0.4, 0.5) is 85.8 Å². The highest BCUT2D eigenvalue weighted by Gasteiger charge is 2.28. The second-order valence-electron chi connectivity index (χ2n) is 27.9. The number of hydrogen-bond donors (Lipinski definition) is 0. The first-order valence-corrected chi connectivity index (χ1v) is 39.6. The molecule has 20 aromatic rings. The van der Waals surface area contributed by atoms with Crippen molar-refractivity contribution in [3.8, 4) is 44.5 Å². The van der Waals surface area contributed by atoms with Gasteiger partial charge in [-0.2, -0.15) is 32.5 Å². The first kappa shape index (κ1) is 73.1. The van der Waals surface area contributed by atoms with Gasteiger partial charge in [-0.3, -0.25) is 0 Å². The molecule has 0 fully saturated rings. The fourth-order valence-corrected chi connectivity index (χ4v) is 16.5. The van der Waals surface area contributed by atoms with Crippen LogP contribution >= 0.6 is 23.5 Å². The minimum absolute atomic E-state index is 0.105. The van der Waals surface area contributed by atoms with Gasteiger partial charge in [0.1, 0.15) is 39.8 Å². The Morgan fingerprint density at radius 3 is 0.822 bits per heavy atom. The standard InChI is InChI=1S/2C49H33F2N7S/c50-42-22-13-23-43(51)41(42)32-56-49-45(34-26-30-40(31-27-34)58(37-18-9-3-10-19-37)38-20-11-4-12-21-38)47-46(53-59-54-47)44(48(49)52-55-56)33-24-28-39(29-25-33)57(35-14-5-1-6-15-35)36-16-7-2-8-17-36;50-42-22-13-23-43(51)41(42)32-56-52-46-44(33-24-28-39(29-25-33)57(35-14-5-1-6-15-35)36-16-7-2-8-17-36)48-49(55-59-54-48)45(47(46)53-56)34-26-30-40(31-27-34)58(37-18-9-3-10-19-37)38-20-11-4-12-21-38/h2*1-31H,32H2. The van der Waals surface area contributed by atoms with E-state index in [9.17, 15) is 0 Å². The normalized spacial score (nSPS) is 11.3. The number of halogens is 4. The van der Waals surface area contributed by atoms with Crippen LogP contribution in [0.2, 0.25) is 0 Å². The summed E-state index contributed by atoms with van der Waals surface area (Å²) < 4.78 is 81.5. The molecule has 0 radical (unpaired) electrons. The van der Waals surface area contributed by atoms with E-state index in [1.807, 2.05) is 194 Å². The first-order valence-electron chi connectivity index (χ1n) is 38.2. The van der Waals surface area contributed by atoms with Crippen LogP contribution in [0.1, 0.15) is 11.1 Å². The zero-order chi connectivity index (χ0) is 79.4. The fraction of sp³-hybridized carbons (Fsp3) is 0.0204. The Labute approximate surface area is 684 Å². The van der Waals surface area contributed by atoms with Crippen LogP contribution in [0.5, 0.6) is 0 Å². The Balaban J connectivity index is 0.000000157. The van der Waals surface area contributed by atoms with Gasteiger partial charge in [0.05, 0.1) is 18.6 Å². The van der Waals surface area contributed by atoms with Crippen molar-refractivity contribution < 1.29 is 17.6 Å². The van der Waals surface area contributed by atoms with E-state index in [-0.39, 0.29) is 24.2 Å². The summed E-state index contributed by atoms with van der Waals surface area (Å²) in [5, 5.41) is 19.2. The van der Waals surface area contributed by atoms with E-state index in [0.29, 0.717) is 44.1 Å². The summed E-state index contributed by atoms with van der Waals surface area (Å²) in [5.41, 5.74) is 23.0. The van der Waals surface area contributed by atoms with Gasteiger partial charge in [0.2, 0.25) is 0 Å². The molecule has 0 aliphatic rings. The summed E-state index contributed by atoms with van der Waals surface area (Å²) in [7, 11) is 0. The molecule has 0 N–H and O–H groups in total. The molecule has 0 amide bonds. The lowest BCUT2D eigenvalue weighted by Gasteiger charge is -2.26. The molecule has 568 valence electrons. The summed E-state index contributed by atoms with van der Waals surface area (Å²) >= 11 is 2.23. The highest BCUT2D eigenvalue weighted by atomic mass is 32.1. The van der Waals surface area contributed by atoms with E-state index < -0.39 is 23.3 Å². The van der Waals surface area contributed by atoms with Crippen LogP contribution < -0.4 is 28.3 Å². The Morgan fingerprint density at radius 1 is 0.254 bits per heavy atom. The van der Waals surface area contributed by atoms with Gasteiger partial charge in [-0.1, -0.05) is 211 Å². The lowest BCUT2D eigenvalue weighted by molar-refractivity contribution is 0.512. The molecule has 14 nitrogen and oxygen atoms in total. The molecule has 0 saturated carbocycles. The van der Waals surface area contributed by atoms with Crippen molar-refractivity contribution in [1.82, 2.24) is 47.5 Å². The molecule has 4 aromatic heterocycles. The summed E-state index contributed by atoms with van der Waals surface area (Å²) in [6, 6.07) is 122. The number of nitrogens with zero attached hydrogens (tertiary/aromatic N) is 14. The second-order valence-corrected chi connectivity index (χ2v) is 29.0. The molecule has 0 aliphatic carbocycles. The lowest BCUT2D eigenvalue weighted by Crippen LogP contribution is -2.09. The van der Waals surface area contributed by atoms with E-state index >= 15 is 17.6 Å². The molecule has 4 heterocycles. The number of rotatable bonds is 20. The Bertz CT molecular complexity index is 6330. The van der Waals surface area contributed by atoms with E-state index in [2.05, 4.69) is 170 Å². The molecule has 0 spiro atoms. The summed E-state index contributed by atoms with van der Waals surface area (Å²) in [4.78, 5) is 10.1. The van der Waals surface area contributed by atoms with Crippen LogP contribution in [0.3, 0.4) is 0 Å². The largest absolute Gasteiger partial charge is 0.311 e. The molecule has 118 heavy (non-hydrogen) atoms. The van der Waals surface area contributed by atoms with Crippen molar-refractivity contribution in [2.24, 2.45) is 0 Å². The van der Waals surface area contributed by atoms with Gasteiger partial charge in [-0.05, 0) is 192 Å². The molecular formula is C98H66F4N14S2. The minimum Gasteiger partial charge on any atom is -0.311 e. The molecule has 0 atom stereocenters. The van der Waals surface area contributed by atoms with Crippen molar-refractivity contribution in [1.29, 1.82) is 0 Å². The monoisotopic (exact) mass is 1580 g/mol. The van der Waals surface area contributed by atoms with Crippen molar-refractivity contribution in [2.75, 3.05) is 19.6 Å². The first-order chi connectivity index (χ1) is 58.2. The highest BCUT2D eigenvalue weighted by Crippen LogP contribution is 2.48. The number of aromatic nitrogens is 10. The second kappa shape index (κ2) is 32.4. The third-order valence-corrected chi connectivity index (χ3v) is 21.8. The fourth-order valence-electron chi connectivity index (χ4n) is 15.3. The van der Waals surface area contributed by atoms with E-state index in [1.165, 1.54) is 41.2 Å². The summed E-state index contributed by atoms with van der Waals surface area (Å²) in [5.74, 6) is -2.64. The van der Waals surface area contributed by atoms with Crippen molar-refractivity contribution in [3.63, 3.8) is 0 Å². The Morgan fingerprint density at radius 2 is 0.508 bits per heavy atom. The molecule has 20 rings (SSSR count).